The summed E-state index contributed by atoms with van der Waals surface area (Å²) in [5.41, 5.74) is -1.71. The van der Waals surface area contributed by atoms with Crippen molar-refractivity contribution >= 4 is 26.9 Å². The van der Waals surface area contributed by atoms with Gasteiger partial charge < -0.3 is 9.67 Å². The van der Waals surface area contributed by atoms with Crippen LogP contribution in [0.25, 0.3) is 22.3 Å². The van der Waals surface area contributed by atoms with Crippen molar-refractivity contribution in [3.8, 4) is 11.4 Å². The summed E-state index contributed by atoms with van der Waals surface area (Å²) < 4.78 is 82.8. The monoisotopic (exact) mass is 527 g/mol. The lowest BCUT2D eigenvalue weighted by atomic mass is 10.1. The minimum absolute atomic E-state index is 0.0695. The second-order valence-corrected chi connectivity index (χ2v) is 11.2. The molecule has 2 N–H and O–H groups in total. The van der Waals surface area contributed by atoms with Gasteiger partial charge in [0.15, 0.2) is 0 Å². The van der Waals surface area contributed by atoms with E-state index in [9.17, 15) is 35.9 Å². The Morgan fingerprint density at radius 1 is 1.17 bits per heavy atom. The van der Waals surface area contributed by atoms with Gasteiger partial charge in [-0.05, 0) is 63.4 Å². The molecule has 1 fully saturated rings. The number of sulfonamides is 1. The molecule has 0 saturated heterocycles. The number of pyridine rings is 1. The summed E-state index contributed by atoms with van der Waals surface area (Å²) in [5.74, 6) is -1.87. The molecule has 0 atom stereocenters. The van der Waals surface area contributed by atoms with Crippen LogP contribution < -0.4 is 4.72 Å². The van der Waals surface area contributed by atoms with Gasteiger partial charge in [0.05, 0.1) is 22.5 Å². The van der Waals surface area contributed by atoms with Crippen molar-refractivity contribution in [2.45, 2.75) is 69.1 Å². The van der Waals surface area contributed by atoms with Gasteiger partial charge in [-0.3, -0.25) is 4.98 Å². The van der Waals surface area contributed by atoms with Gasteiger partial charge in [0.25, 0.3) is 0 Å². The maximum absolute atomic E-state index is 14.4. The molecule has 194 valence electrons. The van der Waals surface area contributed by atoms with Gasteiger partial charge in [0.2, 0.25) is 10.0 Å². The first kappa shape index (κ1) is 26.1. The molecule has 2 aromatic heterocycles. The minimum Gasteiger partial charge on any atom is -0.478 e. The van der Waals surface area contributed by atoms with Crippen molar-refractivity contribution in [2.75, 3.05) is 0 Å². The summed E-state index contributed by atoms with van der Waals surface area (Å²) in [4.78, 5) is 16.0. The number of carbonyl (C=O) groups is 1. The smallest absolute Gasteiger partial charge is 0.407 e. The van der Waals surface area contributed by atoms with E-state index in [1.165, 1.54) is 12.1 Å². The number of fused-ring (bicyclic) bond motifs is 1. The number of halogens is 4. The number of carboxylic acid groups (broad SMARTS) is 1. The van der Waals surface area contributed by atoms with Crippen LogP contribution in [-0.2, 0) is 10.0 Å². The van der Waals surface area contributed by atoms with Gasteiger partial charge >= 0.3 is 12.1 Å². The van der Waals surface area contributed by atoms with E-state index in [1.54, 1.807) is 17.7 Å². The van der Waals surface area contributed by atoms with E-state index < -0.39 is 38.4 Å². The Bertz CT molecular complexity index is 1440. The highest BCUT2D eigenvalue weighted by Crippen LogP contribution is 2.42. The number of aryl methyl sites for hydroxylation is 1. The van der Waals surface area contributed by atoms with E-state index >= 15 is 0 Å². The van der Waals surface area contributed by atoms with E-state index in [0.29, 0.717) is 24.9 Å². The lowest BCUT2D eigenvalue weighted by Gasteiger charge is -2.28. The van der Waals surface area contributed by atoms with Gasteiger partial charge in [-0.25, -0.2) is 17.6 Å². The van der Waals surface area contributed by atoms with Gasteiger partial charge in [-0.1, -0.05) is 12.8 Å². The molecule has 2 heterocycles. The quantitative estimate of drug-likeness (QED) is 0.408. The van der Waals surface area contributed by atoms with Gasteiger partial charge in [0.1, 0.15) is 16.3 Å². The Balaban J connectivity index is 1.88. The van der Waals surface area contributed by atoms with Crippen LogP contribution in [0, 0.1) is 12.7 Å². The Morgan fingerprint density at radius 3 is 2.33 bits per heavy atom. The van der Waals surface area contributed by atoms with Crippen LogP contribution in [0.5, 0.6) is 0 Å². The number of aromatic carboxylic acids is 1. The van der Waals surface area contributed by atoms with Gasteiger partial charge in [0, 0.05) is 17.6 Å². The molecule has 1 aliphatic carbocycles. The predicted octanol–water partition coefficient (Wildman–Crippen LogP) is 5.58. The molecule has 0 radical (unpaired) electrons. The number of hydrogen-bond acceptors (Lipinski definition) is 4. The highest BCUT2D eigenvalue weighted by molar-refractivity contribution is 7.89. The molecule has 0 aliphatic heterocycles. The zero-order chi connectivity index (χ0) is 26.6. The predicted molar refractivity (Wildman–Crippen MR) is 125 cm³/mol. The Morgan fingerprint density at radius 2 is 1.81 bits per heavy atom. The van der Waals surface area contributed by atoms with E-state index in [0.717, 1.165) is 37.9 Å². The molecule has 36 heavy (non-hydrogen) atoms. The summed E-state index contributed by atoms with van der Waals surface area (Å²) in [6, 6.07) is 5.02. The maximum Gasteiger partial charge on any atom is 0.407 e. The van der Waals surface area contributed by atoms with Crippen LogP contribution in [-0.4, -0.2) is 40.8 Å². The molecule has 0 unspecified atom stereocenters. The summed E-state index contributed by atoms with van der Waals surface area (Å²) in [6.07, 6.45) is -0.544. The number of nitrogens with zero attached hydrogens (tertiary/aromatic N) is 2. The number of aromatic nitrogens is 2. The largest absolute Gasteiger partial charge is 0.478 e. The van der Waals surface area contributed by atoms with E-state index in [2.05, 4.69) is 4.98 Å². The highest BCUT2D eigenvalue weighted by Gasteiger charge is 2.49. The number of rotatable bonds is 6. The third-order valence-electron chi connectivity index (χ3n) is 6.57. The topological polar surface area (TPSA) is 101 Å². The van der Waals surface area contributed by atoms with Crippen LogP contribution in [0.1, 0.15) is 61.5 Å². The Labute approximate surface area is 205 Å². The van der Waals surface area contributed by atoms with E-state index in [1.807, 2.05) is 4.57 Å². The first-order chi connectivity index (χ1) is 16.6. The minimum atomic E-state index is -4.83. The average Bonchev–Trinajstić information content (AvgIpc) is 3.38. The third kappa shape index (κ3) is 4.47. The second kappa shape index (κ2) is 8.84. The first-order valence-corrected chi connectivity index (χ1v) is 12.8. The fourth-order valence-electron chi connectivity index (χ4n) is 4.58. The molecule has 7 nitrogen and oxygen atoms in total. The average molecular weight is 528 g/mol. The standard InChI is InChI=1S/C24H25F4N3O4S/c1-13-10-19-16(11-17(13)25)20(22(32)33)21(31(19)14-6-4-5-7-14)18-9-8-15(12-29-18)36(34,35)30-23(2,3)24(26,27)28/h8-12,14,30H,4-7H2,1-3H3,(H,32,33). The van der Waals surface area contributed by atoms with Crippen molar-refractivity contribution in [1.82, 2.24) is 14.3 Å². The Kier molecular flexibility index (Phi) is 6.40. The van der Waals surface area contributed by atoms with Crippen LogP contribution in [0.2, 0.25) is 0 Å². The van der Waals surface area contributed by atoms with E-state index in [-0.39, 0.29) is 28.4 Å². The molecular weight excluding hydrogens is 502 g/mol. The summed E-state index contributed by atoms with van der Waals surface area (Å²) in [7, 11) is -4.59. The molecule has 4 rings (SSSR count). The third-order valence-corrected chi connectivity index (χ3v) is 8.22. The summed E-state index contributed by atoms with van der Waals surface area (Å²) in [6.45, 7) is 2.98. The summed E-state index contributed by atoms with van der Waals surface area (Å²) >= 11 is 0. The number of nitrogens with one attached hydrogen (secondary N) is 1. The van der Waals surface area contributed by atoms with Crippen LogP contribution >= 0.6 is 0 Å². The zero-order valence-corrected chi connectivity index (χ0v) is 20.6. The second-order valence-electron chi connectivity index (χ2n) is 9.56. The molecule has 1 saturated carbocycles. The molecule has 1 aliphatic rings. The lowest BCUT2D eigenvalue weighted by Crippen LogP contribution is -2.54. The normalized spacial score (nSPS) is 15.6. The van der Waals surface area contributed by atoms with Crippen LogP contribution in [0.4, 0.5) is 17.6 Å². The maximum atomic E-state index is 14.4. The van der Waals surface area contributed by atoms with Gasteiger partial charge in [-0.2, -0.15) is 17.9 Å². The fraction of sp³-hybridized carbons (Fsp3) is 0.417. The Hall–Kier alpha value is -2.99. The molecule has 3 aromatic rings. The molecular formula is C24H25F4N3O4S. The van der Waals surface area contributed by atoms with Crippen molar-refractivity contribution < 1.29 is 35.9 Å². The van der Waals surface area contributed by atoms with Crippen LogP contribution in [0.15, 0.2) is 35.4 Å². The van der Waals surface area contributed by atoms with Crippen molar-refractivity contribution in [2.24, 2.45) is 0 Å². The van der Waals surface area contributed by atoms with Crippen molar-refractivity contribution in [3.63, 3.8) is 0 Å². The molecule has 0 amide bonds. The molecule has 1 aromatic carbocycles. The summed E-state index contributed by atoms with van der Waals surface area (Å²) in [5, 5.41) is 10.2. The first-order valence-electron chi connectivity index (χ1n) is 11.3. The van der Waals surface area contributed by atoms with Crippen molar-refractivity contribution in [1.29, 1.82) is 0 Å². The lowest BCUT2D eigenvalue weighted by molar-refractivity contribution is -0.180. The highest BCUT2D eigenvalue weighted by atomic mass is 32.2. The zero-order valence-electron chi connectivity index (χ0n) is 19.8. The van der Waals surface area contributed by atoms with Crippen molar-refractivity contribution in [3.05, 3.63) is 47.4 Å². The number of alkyl halides is 3. The fourth-order valence-corrected chi connectivity index (χ4v) is 5.92. The van der Waals surface area contributed by atoms with E-state index in [4.69, 9.17) is 0 Å². The number of hydrogen-bond donors (Lipinski definition) is 2. The number of benzene rings is 1. The van der Waals surface area contributed by atoms with Crippen LogP contribution in [0.3, 0.4) is 0 Å². The molecule has 0 bridgehead atoms. The SMILES string of the molecule is Cc1cc2c(cc1F)c(C(=O)O)c(-c1ccc(S(=O)(=O)NC(C)(C)C(F)(F)F)cn1)n2C1CCCC1. The van der Waals surface area contributed by atoms with Gasteiger partial charge in [-0.15, -0.1) is 0 Å². The molecule has 12 heteroatoms. The molecule has 0 spiro atoms. The number of carboxylic acids is 1.